The molecule has 2 aliphatic rings. The minimum atomic E-state index is -0.157. The number of benzene rings is 1. The van der Waals surface area contributed by atoms with Crippen molar-refractivity contribution in [3.63, 3.8) is 0 Å². The van der Waals surface area contributed by atoms with Gasteiger partial charge in [0.15, 0.2) is 0 Å². The molecule has 0 fully saturated rings. The molecule has 0 spiro atoms. The van der Waals surface area contributed by atoms with Gasteiger partial charge in [0.2, 0.25) is 0 Å². The van der Waals surface area contributed by atoms with Gasteiger partial charge in [0.1, 0.15) is 0 Å². The molecule has 162 valence electrons. The molecular formula is C22H32N6OS. The van der Waals surface area contributed by atoms with E-state index in [9.17, 15) is 4.79 Å². The number of carbonyl (C=O) groups is 1. The van der Waals surface area contributed by atoms with Crippen molar-refractivity contribution in [2.24, 2.45) is 7.05 Å². The third kappa shape index (κ3) is 4.75. The van der Waals surface area contributed by atoms with Crippen LogP contribution in [0.1, 0.15) is 41.5 Å². The quantitative estimate of drug-likeness (QED) is 0.630. The van der Waals surface area contributed by atoms with E-state index in [1.807, 2.05) is 19.4 Å². The Bertz CT molecular complexity index is 877. The van der Waals surface area contributed by atoms with Gasteiger partial charge in [-0.15, -0.1) is 0 Å². The van der Waals surface area contributed by atoms with Gasteiger partial charge in [-0.2, -0.15) is 5.10 Å². The zero-order valence-electron chi connectivity index (χ0n) is 18.2. The summed E-state index contributed by atoms with van der Waals surface area (Å²) in [6.45, 7) is 1.82. The van der Waals surface area contributed by atoms with Gasteiger partial charge in [0, 0.05) is 25.5 Å². The Hall–Kier alpha value is -2.19. The number of amides is 2. The van der Waals surface area contributed by atoms with E-state index in [-0.39, 0.29) is 6.03 Å². The average molecular weight is 429 g/mol. The fourth-order valence-corrected chi connectivity index (χ4v) is 5.16. The van der Waals surface area contributed by atoms with Crippen LogP contribution in [0.3, 0.4) is 0 Å². The summed E-state index contributed by atoms with van der Waals surface area (Å²) in [5, 5.41) is 7.48. The van der Waals surface area contributed by atoms with Gasteiger partial charge < -0.3 is 10.2 Å². The fourth-order valence-electron chi connectivity index (χ4n) is 4.50. The molecule has 8 heteroatoms. The van der Waals surface area contributed by atoms with E-state index >= 15 is 0 Å². The number of nitrogens with one attached hydrogen (secondary N) is 2. The molecule has 0 saturated carbocycles. The zero-order chi connectivity index (χ0) is 21.1. The van der Waals surface area contributed by atoms with Crippen molar-refractivity contribution in [2.75, 3.05) is 36.8 Å². The molecular weight excluding hydrogens is 396 g/mol. The van der Waals surface area contributed by atoms with Gasteiger partial charge in [0.25, 0.3) is 0 Å². The van der Waals surface area contributed by atoms with Gasteiger partial charge >= 0.3 is 6.03 Å². The number of anilines is 2. The first-order chi connectivity index (χ1) is 14.5. The lowest BCUT2D eigenvalue weighted by Gasteiger charge is -2.23. The van der Waals surface area contributed by atoms with Crippen LogP contribution in [-0.4, -0.2) is 47.9 Å². The standard InChI is InChI=1S/C22H32N6OS/c1-26(2)11-6-12-28(18-14-23-27(3)15-18)30-25-22(29)24-21-19-9-4-7-16(19)13-17-8-5-10-20(17)21/h13-15H,4-12H2,1-3H3,(H2,24,25,29). The smallest absolute Gasteiger partial charge is 0.309 e. The van der Waals surface area contributed by atoms with Gasteiger partial charge in [0.05, 0.1) is 24.0 Å². The second kappa shape index (κ2) is 9.31. The summed E-state index contributed by atoms with van der Waals surface area (Å²) in [5.41, 5.74) is 7.63. The lowest BCUT2D eigenvalue weighted by molar-refractivity contribution is 0.257. The normalized spacial score (nSPS) is 14.7. The lowest BCUT2D eigenvalue weighted by Crippen LogP contribution is -2.30. The minimum Gasteiger partial charge on any atom is -0.309 e. The number of carbonyl (C=O) groups excluding carboxylic acids is 1. The summed E-state index contributed by atoms with van der Waals surface area (Å²) >= 11 is 1.33. The summed E-state index contributed by atoms with van der Waals surface area (Å²) < 4.78 is 6.88. The van der Waals surface area contributed by atoms with Crippen LogP contribution in [0, 0.1) is 0 Å². The zero-order valence-corrected chi connectivity index (χ0v) is 19.0. The second-order valence-electron chi connectivity index (χ2n) is 8.51. The Kier molecular flexibility index (Phi) is 6.53. The Labute approximate surface area is 183 Å². The molecule has 7 nitrogen and oxygen atoms in total. The molecule has 0 unspecified atom stereocenters. The highest BCUT2D eigenvalue weighted by molar-refractivity contribution is 7.99. The van der Waals surface area contributed by atoms with Crippen molar-refractivity contribution in [2.45, 2.75) is 44.9 Å². The number of rotatable bonds is 8. The van der Waals surface area contributed by atoms with E-state index in [0.29, 0.717) is 0 Å². The highest BCUT2D eigenvalue weighted by Gasteiger charge is 2.25. The number of hydrogen-bond donors (Lipinski definition) is 2. The molecule has 2 aliphatic carbocycles. The molecule has 0 bridgehead atoms. The minimum absolute atomic E-state index is 0.157. The number of urea groups is 1. The van der Waals surface area contributed by atoms with E-state index < -0.39 is 0 Å². The summed E-state index contributed by atoms with van der Waals surface area (Å²) in [6, 6.07) is 2.23. The SMILES string of the molecule is CN(C)CCCN(SNC(=O)Nc1c2c(cc3c1CCC3)CCC2)c1cnn(C)c1. The molecule has 0 saturated heterocycles. The highest BCUT2D eigenvalue weighted by atomic mass is 32.2. The maximum Gasteiger partial charge on any atom is 0.330 e. The van der Waals surface area contributed by atoms with E-state index in [1.165, 1.54) is 47.2 Å². The maximum absolute atomic E-state index is 12.8. The van der Waals surface area contributed by atoms with Crippen molar-refractivity contribution in [3.8, 4) is 0 Å². The van der Waals surface area contributed by atoms with Crippen LogP contribution in [0.4, 0.5) is 16.2 Å². The van der Waals surface area contributed by atoms with E-state index in [0.717, 1.165) is 56.6 Å². The van der Waals surface area contributed by atoms with Crippen molar-refractivity contribution in [3.05, 3.63) is 40.7 Å². The van der Waals surface area contributed by atoms with Crippen molar-refractivity contribution in [1.82, 2.24) is 19.4 Å². The molecule has 4 rings (SSSR count). The molecule has 0 atom stereocenters. The number of aryl methyl sites for hydroxylation is 3. The van der Waals surface area contributed by atoms with Crippen molar-refractivity contribution < 1.29 is 4.79 Å². The molecule has 30 heavy (non-hydrogen) atoms. The van der Waals surface area contributed by atoms with Crippen LogP contribution in [0.5, 0.6) is 0 Å². The summed E-state index contributed by atoms with van der Waals surface area (Å²) in [6.07, 6.45) is 11.6. The Morgan fingerprint density at radius 3 is 2.43 bits per heavy atom. The van der Waals surface area contributed by atoms with Crippen LogP contribution >= 0.6 is 12.1 Å². The molecule has 0 radical (unpaired) electrons. The predicted octanol–water partition coefficient (Wildman–Crippen LogP) is 3.54. The summed E-state index contributed by atoms with van der Waals surface area (Å²) in [7, 11) is 6.05. The second-order valence-corrected chi connectivity index (χ2v) is 9.34. The van der Waals surface area contributed by atoms with Crippen LogP contribution in [0.2, 0.25) is 0 Å². The van der Waals surface area contributed by atoms with E-state index in [1.54, 1.807) is 4.68 Å². The van der Waals surface area contributed by atoms with Gasteiger partial charge in [-0.1, -0.05) is 6.07 Å². The molecule has 1 aromatic carbocycles. The first kappa shape index (κ1) is 21.1. The van der Waals surface area contributed by atoms with Gasteiger partial charge in [-0.05, 0) is 87.8 Å². The fraction of sp³-hybridized carbons (Fsp3) is 0.545. The molecule has 2 N–H and O–H groups in total. The summed E-state index contributed by atoms with van der Waals surface area (Å²) in [5.74, 6) is 0. The molecule has 1 aromatic heterocycles. The average Bonchev–Trinajstić information content (AvgIpc) is 3.44. The van der Waals surface area contributed by atoms with Gasteiger partial charge in [-0.3, -0.25) is 13.7 Å². The third-order valence-electron chi connectivity index (χ3n) is 5.91. The van der Waals surface area contributed by atoms with Crippen molar-refractivity contribution in [1.29, 1.82) is 0 Å². The number of fused-ring (bicyclic) bond motifs is 2. The number of hydrogen-bond acceptors (Lipinski definition) is 5. The largest absolute Gasteiger partial charge is 0.330 e. The Morgan fingerprint density at radius 2 is 1.83 bits per heavy atom. The molecule has 2 amide bonds. The Balaban J connectivity index is 1.42. The van der Waals surface area contributed by atoms with Crippen LogP contribution in [-0.2, 0) is 32.7 Å². The third-order valence-corrected chi connectivity index (χ3v) is 6.80. The molecule has 1 heterocycles. The maximum atomic E-state index is 12.8. The predicted molar refractivity (Wildman–Crippen MR) is 124 cm³/mol. The van der Waals surface area contributed by atoms with Crippen LogP contribution in [0.15, 0.2) is 18.5 Å². The Morgan fingerprint density at radius 1 is 1.13 bits per heavy atom. The monoisotopic (exact) mass is 428 g/mol. The van der Waals surface area contributed by atoms with Gasteiger partial charge in [-0.25, -0.2) is 4.79 Å². The number of aromatic nitrogens is 2. The first-order valence-electron chi connectivity index (χ1n) is 10.8. The van der Waals surface area contributed by atoms with Crippen molar-refractivity contribution >= 4 is 29.5 Å². The number of nitrogens with zero attached hydrogens (tertiary/aromatic N) is 4. The molecule has 2 aromatic rings. The van der Waals surface area contributed by atoms with Crippen LogP contribution < -0.4 is 14.3 Å². The van der Waals surface area contributed by atoms with Crippen LogP contribution in [0.25, 0.3) is 0 Å². The van der Waals surface area contributed by atoms with E-state index in [4.69, 9.17) is 0 Å². The lowest BCUT2D eigenvalue weighted by atomic mass is 9.99. The topological polar surface area (TPSA) is 65.4 Å². The summed E-state index contributed by atoms with van der Waals surface area (Å²) in [4.78, 5) is 15.0. The molecule has 0 aliphatic heterocycles. The highest BCUT2D eigenvalue weighted by Crippen LogP contribution is 2.38. The first-order valence-corrected chi connectivity index (χ1v) is 11.6. The van der Waals surface area contributed by atoms with E-state index in [2.05, 4.69) is 44.5 Å².